The molecule has 0 aliphatic heterocycles. The van der Waals surface area contributed by atoms with Crippen molar-refractivity contribution >= 4 is 17.5 Å². The Hall–Kier alpha value is -3.60. The third-order valence-electron chi connectivity index (χ3n) is 4.35. The fourth-order valence-electron chi connectivity index (χ4n) is 2.87. The first-order valence-electron chi connectivity index (χ1n) is 8.92. The van der Waals surface area contributed by atoms with Gasteiger partial charge in [0.15, 0.2) is 0 Å². The molecule has 2 amide bonds. The summed E-state index contributed by atoms with van der Waals surface area (Å²) in [5.74, 6) is 0.134. The number of nitrogens with zero attached hydrogens (tertiary/aromatic N) is 1. The number of carbonyl (C=O) groups is 2. The highest BCUT2D eigenvalue weighted by atomic mass is 16.5. The molecule has 0 radical (unpaired) electrons. The molecule has 5 nitrogen and oxygen atoms in total. The van der Waals surface area contributed by atoms with Crippen LogP contribution in [-0.2, 0) is 6.54 Å². The third-order valence-corrected chi connectivity index (χ3v) is 4.35. The van der Waals surface area contributed by atoms with Gasteiger partial charge in [0.05, 0.1) is 18.4 Å². The van der Waals surface area contributed by atoms with Crippen molar-refractivity contribution in [3.63, 3.8) is 0 Å². The molecule has 0 aliphatic rings. The first-order valence-corrected chi connectivity index (χ1v) is 8.92. The summed E-state index contributed by atoms with van der Waals surface area (Å²) in [7, 11) is 3.30. The van der Waals surface area contributed by atoms with E-state index in [1.807, 2.05) is 30.3 Å². The SMILES string of the molecule is COc1cccc(C(=O)Nc2ccccc2C(=O)N(C)Cc2ccccc2)c1. The van der Waals surface area contributed by atoms with Crippen molar-refractivity contribution in [2.45, 2.75) is 6.54 Å². The molecule has 0 fully saturated rings. The molecule has 0 atom stereocenters. The Balaban J connectivity index is 1.78. The van der Waals surface area contributed by atoms with Crippen LogP contribution in [0.15, 0.2) is 78.9 Å². The maximum Gasteiger partial charge on any atom is 0.256 e. The Bertz CT molecular complexity index is 970. The summed E-state index contributed by atoms with van der Waals surface area (Å²) in [5, 5.41) is 2.84. The zero-order chi connectivity index (χ0) is 19.9. The quantitative estimate of drug-likeness (QED) is 0.703. The fraction of sp³-hybridized carbons (Fsp3) is 0.130. The number of methoxy groups -OCH3 is 1. The number of rotatable bonds is 6. The molecule has 0 spiro atoms. The molecule has 3 aromatic carbocycles. The van der Waals surface area contributed by atoms with Crippen LogP contribution in [0.4, 0.5) is 5.69 Å². The number of ether oxygens (including phenoxy) is 1. The van der Waals surface area contributed by atoms with Gasteiger partial charge in [-0.05, 0) is 35.9 Å². The summed E-state index contributed by atoms with van der Waals surface area (Å²) in [4.78, 5) is 27.2. The van der Waals surface area contributed by atoms with Crippen molar-refractivity contribution in [1.29, 1.82) is 0 Å². The van der Waals surface area contributed by atoms with Crippen LogP contribution in [0.5, 0.6) is 5.75 Å². The molecular formula is C23H22N2O3. The molecule has 5 heteroatoms. The second-order valence-electron chi connectivity index (χ2n) is 6.38. The average molecular weight is 374 g/mol. The van der Waals surface area contributed by atoms with Crippen LogP contribution in [0.3, 0.4) is 0 Å². The Morgan fingerprint density at radius 1 is 0.929 bits per heavy atom. The molecule has 3 rings (SSSR count). The second kappa shape index (κ2) is 8.86. The van der Waals surface area contributed by atoms with Gasteiger partial charge in [-0.15, -0.1) is 0 Å². The summed E-state index contributed by atoms with van der Waals surface area (Å²) < 4.78 is 5.16. The van der Waals surface area contributed by atoms with Gasteiger partial charge in [-0.3, -0.25) is 9.59 Å². The summed E-state index contributed by atoms with van der Waals surface area (Å²) >= 11 is 0. The Morgan fingerprint density at radius 2 is 1.64 bits per heavy atom. The standard InChI is InChI=1S/C23H22N2O3/c1-25(16-17-9-4-3-5-10-17)23(27)20-13-6-7-14-21(20)24-22(26)18-11-8-12-19(15-18)28-2/h3-15H,16H2,1-2H3,(H,24,26). The maximum atomic E-state index is 12.9. The average Bonchev–Trinajstić information content (AvgIpc) is 2.74. The molecule has 0 aromatic heterocycles. The molecule has 0 heterocycles. The molecule has 28 heavy (non-hydrogen) atoms. The summed E-state index contributed by atoms with van der Waals surface area (Å²) in [6, 6.07) is 23.6. The minimum Gasteiger partial charge on any atom is -0.497 e. The van der Waals surface area contributed by atoms with Gasteiger partial charge in [0.1, 0.15) is 5.75 Å². The molecule has 1 N–H and O–H groups in total. The molecule has 142 valence electrons. The predicted molar refractivity (Wildman–Crippen MR) is 110 cm³/mol. The van der Waals surface area contributed by atoms with E-state index in [0.29, 0.717) is 29.1 Å². The van der Waals surface area contributed by atoms with Crippen LogP contribution in [-0.4, -0.2) is 30.9 Å². The van der Waals surface area contributed by atoms with Crippen LogP contribution in [0.25, 0.3) is 0 Å². The van der Waals surface area contributed by atoms with Crippen molar-refractivity contribution in [3.8, 4) is 5.75 Å². The normalized spacial score (nSPS) is 10.2. The van der Waals surface area contributed by atoms with E-state index in [1.54, 1.807) is 67.6 Å². The number of amides is 2. The van der Waals surface area contributed by atoms with Crippen LogP contribution in [0.2, 0.25) is 0 Å². The van der Waals surface area contributed by atoms with Gasteiger partial charge in [-0.25, -0.2) is 0 Å². The molecule has 0 bridgehead atoms. The molecule has 0 aliphatic carbocycles. The van der Waals surface area contributed by atoms with Crippen molar-refractivity contribution in [3.05, 3.63) is 95.6 Å². The van der Waals surface area contributed by atoms with Gasteiger partial charge in [-0.1, -0.05) is 48.5 Å². The largest absolute Gasteiger partial charge is 0.497 e. The predicted octanol–water partition coefficient (Wildman–Crippen LogP) is 4.22. The van der Waals surface area contributed by atoms with Gasteiger partial charge >= 0.3 is 0 Å². The molecule has 0 unspecified atom stereocenters. The smallest absolute Gasteiger partial charge is 0.256 e. The lowest BCUT2D eigenvalue weighted by molar-refractivity contribution is 0.0786. The molecule has 0 saturated carbocycles. The number of carbonyl (C=O) groups excluding carboxylic acids is 2. The number of benzene rings is 3. The van der Waals surface area contributed by atoms with Gasteiger partial charge in [0.2, 0.25) is 0 Å². The molecule has 3 aromatic rings. The van der Waals surface area contributed by atoms with Crippen molar-refractivity contribution in [2.75, 3.05) is 19.5 Å². The Morgan fingerprint density at radius 3 is 2.39 bits per heavy atom. The van der Waals surface area contributed by atoms with E-state index < -0.39 is 0 Å². The maximum absolute atomic E-state index is 12.9. The van der Waals surface area contributed by atoms with Crippen LogP contribution >= 0.6 is 0 Å². The lowest BCUT2D eigenvalue weighted by Gasteiger charge is -2.19. The number of anilines is 1. The monoisotopic (exact) mass is 374 g/mol. The first kappa shape index (κ1) is 19.2. The summed E-state index contributed by atoms with van der Waals surface area (Å²) in [6.45, 7) is 0.484. The minimum atomic E-state index is -0.301. The van der Waals surface area contributed by atoms with E-state index in [1.165, 1.54) is 0 Å². The Kier molecular flexibility index (Phi) is 6.07. The van der Waals surface area contributed by atoms with Crippen molar-refractivity contribution < 1.29 is 14.3 Å². The third kappa shape index (κ3) is 4.57. The summed E-state index contributed by atoms with van der Waals surface area (Å²) in [6.07, 6.45) is 0. The number of nitrogens with one attached hydrogen (secondary N) is 1. The second-order valence-corrected chi connectivity index (χ2v) is 6.38. The highest BCUT2D eigenvalue weighted by Crippen LogP contribution is 2.20. The van der Waals surface area contributed by atoms with Crippen LogP contribution in [0.1, 0.15) is 26.3 Å². The van der Waals surface area contributed by atoms with Crippen LogP contribution < -0.4 is 10.1 Å². The van der Waals surface area contributed by atoms with Gasteiger partial charge < -0.3 is 15.0 Å². The van der Waals surface area contributed by atoms with E-state index in [4.69, 9.17) is 4.74 Å². The zero-order valence-corrected chi connectivity index (χ0v) is 15.9. The number of para-hydroxylation sites is 1. The highest BCUT2D eigenvalue weighted by molar-refractivity contribution is 6.09. The fourth-order valence-corrected chi connectivity index (χ4v) is 2.87. The first-order chi connectivity index (χ1) is 13.6. The van der Waals surface area contributed by atoms with E-state index >= 15 is 0 Å². The molecular weight excluding hydrogens is 352 g/mol. The number of hydrogen-bond donors (Lipinski definition) is 1. The minimum absolute atomic E-state index is 0.162. The van der Waals surface area contributed by atoms with Crippen molar-refractivity contribution in [1.82, 2.24) is 4.90 Å². The van der Waals surface area contributed by atoms with E-state index in [9.17, 15) is 9.59 Å². The van der Waals surface area contributed by atoms with Gasteiger partial charge in [0.25, 0.3) is 11.8 Å². The highest BCUT2D eigenvalue weighted by Gasteiger charge is 2.18. The lowest BCUT2D eigenvalue weighted by Crippen LogP contribution is -2.27. The topological polar surface area (TPSA) is 58.6 Å². The summed E-state index contributed by atoms with van der Waals surface area (Å²) in [5.41, 5.74) is 2.41. The van der Waals surface area contributed by atoms with Crippen LogP contribution in [0, 0.1) is 0 Å². The van der Waals surface area contributed by atoms with Gasteiger partial charge in [-0.2, -0.15) is 0 Å². The zero-order valence-electron chi connectivity index (χ0n) is 15.9. The van der Waals surface area contributed by atoms with E-state index in [-0.39, 0.29) is 11.8 Å². The lowest BCUT2D eigenvalue weighted by atomic mass is 10.1. The van der Waals surface area contributed by atoms with E-state index in [0.717, 1.165) is 5.56 Å². The number of hydrogen-bond acceptors (Lipinski definition) is 3. The van der Waals surface area contributed by atoms with Gasteiger partial charge in [0, 0.05) is 19.2 Å². The molecule has 0 saturated heterocycles. The van der Waals surface area contributed by atoms with E-state index in [2.05, 4.69) is 5.32 Å². The Labute approximate surface area is 164 Å². The van der Waals surface area contributed by atoms with Crippen molar-refractivity contribution in [2.24, 2.45) is 0 Å².